The molecule has 0 unspecified atom stereocenters. The van der Waals surface area contributed by atoms with Gasteiger partial charge in [0, 0.05) is 16.5 Å². The van der Waals surface area contributed by atoms with Crippen molar-refractivity contribution in [2.45, 2.75) is 59.9 Å². The summed E-state index contributed by atoms with van der Waals surface area (Å²) in [7, 11) is 0. The highest BCUT2D eigenvalue weighted by atomic mass is 16.3. The molecule has 0 N–H and O–H groups in total. The van der Waals surface area contributed by atoms with Crippen LogP contribution in [0.1, 0.15) is 67.5 Å². The molecule has 4 nitrogen and oxygen atoms in total. The molecule has 0 aliphatic heterocycles. The second-order valence-electron chi connectivity index (χ2n) is 12.4. The molecule has 4 heteroatoms. The minimum Gasteiger partial charge on any atom is -0.454 e. The molecule has 3 aromatic heterocycles. The summed E-state index contributed by atoms with van der Waals surface area (Å²) in [4.78, 5) is 9.76. The predicted octanol–water partition coefficient (Wildman–Crippen LogP) is 10.6. The molecule has 0 radical (unpaired) electrons. The molecule has 3 heterocycles. The zero-order chi connectivity index (χ0) is 29.8. The van der Waals surface area contributed by atoms with Gasteiger partial charge in [0.25, 0.3) is 0 Å². The number of benzene rings is 4. The van der Waals surface area contributed by atoms with Crippen molar-refractivity contribution in [2.24, 2.45) is 0 Å². The van der Waals surface area contributed by atoms with Gasteiger partial charge in [-0.3, -0.25) is 4.98 Å². The van der Waals surface area contributed by atoms with Crippen LogP contribution in [-0.4, -0.2) is 14.5 Å². The zero-order valence-electron chi connectivity index (χ0n) is 25.8. The maximum Gasteiger partial charge on any atom is 0.153 e. The van der Waals surface area contributed by atoms with Gasteiger partial charge in [-0.15, -0.1) is 0 Å². The van der Waals surface area contributed by atoms with Gasteiger partial charge in [-0.2, -0.15) is 0 Å². The van der Waals surface area contributed by atoms with Crippen molar-refractivity contribution in [2.75, 3.05) is 0 Å². The van der Waals surface area contributed by atoms with Gasteiger partial charge in [0.05, 0.1) is 29.3 Å². The Labute approximate surface area is 253 Å². The Balaban J connectivity index is 1.48. The largest absolute Gasteiger partial charge is 0.454 e. The average Bonchev–Trinajstić information content (AvgIpc) is 3.56. The first-order chi connectivity index (χ1) is 20.8. The minimum atomic E-state index is 0.367. The topological polar surface area (TPSA) is 43.9 Å². The van der Waals surface area contributed by atoms with Crippen LogP contribution >= 0.6 is 0 Å². The Hall–Kier alpha value is -4.70. The van der Waals surface area contributed by atoms with Gasteiger partial charge in [-0.25, -0.2) is 4.98 Å². The van der Waals surface area contributed by atoms with E-state index in [1.807, 2.05) is 13.1 Å². The Morgan fingerprint density at radius 2 is 1.47 bits per heavy atom. The Kier molecular flexibility index (Phi) is 6.65. The maximum atomic E-state index is 6.55. The fourth-order valence-electron chi connectivity index (χ4n) is 6.56. The number of hydrogen-bond acceptors (Lipinski definition) is 3. The molecule has 0 bridgehead atoms. The number of pyridine rings is 1. The van der Waals surface area contributed by atoms with E-state index in [9.17, 15) is 0 Å². The summed E-state index contributed by atoms with van der Waals surface area (Å²) in [5.74, 6) is 1.66. The van der Waals surface area contributed by atoms with E-state index >= 15 is 0 Å². The normalized spacial score (nSPS) is 12.0. The molecule has 43 heavy (non-hydrogen) atoms. The van der Waals surface area contributed by atoms with Gasteiger partial charge >= 0.3 is 0 Å². The molecule has 7 aromatic rings. The number of furan rings is 1. The van der Waals surface area contributed by atoms with E-state index < -0.39 is 0 Å². The van der Waals surface area contributed by atoms with Gasteiger partial charge < -0.3 is 8.98 Å². The lowest BCUT2D eigenvalue weighted by Gasteiger charge is -2.23. The Morgan fingerprint density at radius 1 is 0.767 bits per heavy atom. The lowest BCUT2D eigenvalue weighted by molar-refractivity contribution is 0.666. The fraction of sp³-hybridized carbons (Fsp3) is 0.231. The third-order valence-electron chi connectivity index (χ3n) is 8.73. The molecule has 0 atom stereocenters. The highest BCUT2D eigenvalue weighted by Gasteiger charge is 2.23. The van der Waals surface area contributed by atoms with Crippen molar-refractivity contribution >= 4 is 33.0 Å². The van der Waals surface area contributed by atoms with Crippen LogP contribution in [0.3, 0.4) is 0 Å². The number of hydrogen-bond donors (Lipinski definition) is 0. The van der Waals surface area contributed by atoms with Crippen molar-refractivity contribution in [1.82, 2.24) is 14.5 Å². The van der Waals surface area contributed by atoms with Crippen LogP contribution in [0.15, 0.2) is 95.5 Å². The van der Waals surface area contributed by atoms with Crippen molar-refractivity contribution in [3.8, 4) is 22.5 Å². The lowest BCUT2D eigenvalue weighted by atomic mass is 9.85. The van der Waals surface area contributed by atoms with E-state index in [-0.39, 0.29) is 0 Å². The van der Waals surface area contributed by atoms with Crippen LogP contribution in [0.5, 0.6) is 0 Å². The number of para-hydroxylation sites is 2. The molecule has 0 saturated carbocycles. The van der Waals surface area contributed by atoms with E-state index in [1.165, 1.54) is 33.4 Å². The van der Waals surface area contributed by atoms with Crippen LogP contribution in [-0.2, 0) is 6.54 Å². The monoisotopic (exact) mass is 563 g/mol. The first-order valence-corrected chi connectivity index (χ1v) is 15.3. The number of aromatic nitrogens is 3. The quantitative estimate of drug-likeness (QED) is 0.202. The molecule has 0 aliphatic rings. The van der Waals surface area contributed by atoms with Gasteiger partial charge in [0.15, 0.2) is 5.58 Å². The second kappa shape index (κ2) is 10.5. The molecule has 214 valence electrons. The van der Waals surface area contributed by atoms with Crippen molar-refractivity contribution < 1.29 is 4.42 Å². The summed E-state index contributed by atoms with van der Waals surface area (Å²) in [6, 6.07) is 30.5. The summed E-state index contributed by atoms with van der Waals surface area (Å²) in [5.41, 5.74) is 13.6. The van der Waals surface area contributed by atoms with Crippen LogP contribution < -0.4 is 0 Å². The van der Waals surface area contributed by atoms with Crippen LogP contribution in [0.2, 0.25) is 0 Å². The summed E-state index contributed by atoms with van der Waals surface area (Å²) >= 11 is 0. The highest BCUT2D eigenvalue weighted by Crippen LogP contribution is 2.40. The molecule has 0 aliphatic carbocycles. The average molecular weight is 564 g/mol. The number of imidazole rings is 1. The van der Waals surface area contributed by atoms with Gasteiger partial charge in [0.1, 0.15) is 11.4 Å². The molecule has 7 rings (SSSR count). The molecule has 0 fully saturated rings. The summed E-state index contributed by atoms with van der Waals surface area (Å²) in [5, 5.41) is 2.24. The second-order valence-corrected chi connectivity index (χ2v) is 12.4. The van der Waals surface area contributed by atoms with Crippen molar-refractivity contribution in [3.63, 3.8) is 0 Å². The molecular formula is C39H37N3O. The van der Waals surface area contributed by atoms with E-state index in [4.69, 9.17) is 9.40 Å². The van der Waals surface area contributed by atoms with Gasteiger partial charge in [-0.1, -0.05) is 88.4 Å². The highest BCUT2D eigenvalue weighted by molar-refractivity contribution is 6.11. The molecule has 4 aromatic carbocycles. The number of rotatable bonds is 6. The first kappa shape index (κ1) is 27.2. The van der Waals surface area contributed by atoms with Crippen LogP contribution in [0.4, 0.5) is 0 Å². The predicted molar refractivity (Wildman–Crippen MR) is 179 cm³/mol. The third kappa shape index (κ3) is 4.62. The van der Waals surface area contributed by atoms with Crippen molar-refractivity contribution in [3.05, 3.63) is 119 Å². The Morgan fingerprint density at radius 3 is 2.19 bits per heavy atom. The number of aryl methyl sites for hydroxylation is 2. The van der Waals surface area contributed by atoms with Gasteiger partial charge in [-0.05, 0) is 83.3 Å². The van der Waals surface area contributed by atoms with E-state index in [0.717, 1.165) is 56.6 Å². The molecule has 0 amide bonds. The molecule has 0 saturated heterocycles. The zero-order valence-corrected chi connectivity index (χ0v) is 25.8. The van der Waals surface area contributed by atoms with E-state index in [2.05, 4.69) is 129 Å². The van der Waals surface area contributed by atoms with E-state index in [1.54, 1.807) is 0 Å². The smallest absolute Gasteiger partial charge is 0.153 e. The maximum absolute atomic E-state index is 6.55. The number of fused-ring (bicyclic) bond motifs is 4. The van der Waals surface area contributed by atoms with Gasteiger partial charge in [0.2, 0.25) is 0 Å². The number of nitrogens with zero attached hydrogens (tertiary/aromatic N) is 3. The summed E-state index contributed by atoms with van der Waals surface area (Å²) < 4.78 is 8.94. The van der Waals surface area contributed by atoms with Crippen molar-refractivity contribution in [1.29, 1.82) is 0 Å². The molecular weight excluding hydrogens is 526 g/mol. The third-order valence-corrected chi connectivity index (χ3v) is 8.73. The van der Waals surface area contributed by atoms with E-state index in [0.29, 0.717) is 11.8 Å². The van der Waals surface area contributed by atoms with Crippen LogP contribution in [0, 0.1) is 13.8 Å². The Bertz CT molecular complexity index is 2100. The first-order valence-electron chi connectivity index (χ1n) is 15.3. The SMILES string of the molecule is Cc1cc2c(cn1)oc1c(-c3nc4ccccc4n3Cc3c(C(C)C)cc(-c4ccccc4)cc3C(C)C)ccc(C)c12. The molecule has 0 spiro atoms. The standard InChI is InChI=1S/C39H37N3O/c1-23(2)30-19-28(27-12-8-7-9-13-27)20-31(24(3)4)33(30)22-42-35-15-11-10-14-34(35)41-39(42)29-17-16-25(5)37-32-18-26(6)40-21-36(32)43-38(29)37/h7-21,23-24H,22H2,1-6H3. The van der Waals surface area contributed by atoms with Crippen LogP contribution in [0.25, 0.3) is 55.5 Å². The summed E-state index contributed by atoms with van der Waals surface area (Å²) in [6.45, 7) is 14.1. The summed E-state index contributed by atoms with van der Waals surface area (Å²) in [6.07, 6.45) is 1.84. The fourth-order valence-corrected chi connectivity index (χ4v) is 6.56. The minimum absolute atomic E-state index is 0.367. The lowest BCUT2D eigenvalue weighted by Crippen LogP contribution is -2.11.